The number of nitrogens with two attached hydrogens (primary N) is 1. The number of carbonyl (C=O) groups is 1. The summed E-state index contributed by atoms with van der Waals surface area (Å²) in [6.07, 6.45) is 3.14. The molecule has 1 aliphatic rings. The van der Waals surface area contributed by atoms with Gasteiger partial charge in [-0.3, -0.25) is 4.79 Å². The molecule has 3 rings (SSSR count). The third-order valence-electron chi connectivity index (χ3n) is 4.01. The number of pyridine rings is 1. The number of furan rings is 1. The van der Waals surface area contributed by atoms with Crippen molar-refractivity contribution in [1.82, 2.24) is 9.88 Å². The smallest absolute Gasteiger partial charge is 0.289 e. The topological polar surface area (TPSA) is 72.4 Å². The van der Waals surface area contributed by atoms with Crippen LogP contribution in [0, 0.1) is 0 Å². The zero-order chi connectivity index (χ0) is 17.3. The maximum Gasteiger partial charge on any atom is 0.289 e. The van der Waals surface area contributed by atoms with Crippen LogP contribution in [-0.2, 0) is 0 Å². The van der Waals surface area contributed by atoms with Crippen molar-refractivity contribution in [1.29, 1.82) is 0 Å². The Balaban J connectivity index is 1.69. The molecular formula is C16H17Cl2N3O2S. The molecule has 0 spiro atoms. The molecule has 0 radical (unpaired) electrons. The number of hydrogen-bond donors (Lipinski definition) is 1. The molecule has 2 N–H and O–H groups in total. The van der Waals surface area contributed by atoms with E-state index in [2.05, 4.69) is 4.98 Å². The fourth-order valence-electron chi connectivity index (χ4n) is 2.46. The average Bonchev–Trinajstić information content (AvgIpc) is 3.00. The van der Waals surface area contributed by atoms with Crippen LogP contribution >= 0.6 is 35.0 Å². The van der Waals surface area contributed by atoms with Crippen LogP contribution in [0.2, 0.25) is 10.2 Å². The fourth-order valence-corrected chi connectivity index (χ4v) is 3.70. The van der Waals surface area contributed by atoms with Gasteiger partial charge in [-0.1, -0.05) is 35.0 Å². The first-order valence-corrected chi connectivity index (χ1v) is 9.09. The highest BCUT2D eigenvalue weighted by Crippen LogP contribution is 2.36. The number of aromatic nitrogens is 1. The maximum absolute atomic E-state index is 12.5. The van der Waals surface area contributed by atoms with E-state index in [9.17, 15) is 4.79 Å². The van der Waals surface area contributed by atoms with Crippen molar-refractivity contribution in [2.45, 2.75) is 35.3 Å². The van der Waals surface area contributed by atoms with Gasteiger partial charge in [-0.15, -0.1) is 0 Å². The van der Waals surface area contributed by atoms with E-state index in [-0.39, 0.29) is 16.6 Å². The molecule has 3 heterocycles. The molecule has 0 aromatic carbocycles. The minimum atomic E-state index is -0.196. The van der Waals surface area contributed by atoms with Crippen molar-refractivity contribution < 1.29 is 9.21 Å². The van der Waals surface area contributed by atoms with Crippen LogP contribution in [0.3, 0.4) is 0 Å². The van der Waals surface area contributed by atoms with Gasteiger partial charge in [-0.05, 0) is 38.0 Å². The second-order valence-electron chi connectivity index (χ2n) is 6.08. The maximum atomic E-state index is 12.5. The van der Waals surface area contributed by atoms with Crippen LogP contribution in [0.5, 0.6) is 0 Å². The minimum absolute atomic E-state index is 0.115. The summed E-state index contributed by atoms with van der Waals surface area (Å²) >= 11 is 13.3. The van der Waals surface area contributed by atoms with E-state index in [4.69, 9.17) is 33.4 Å². The predicted molar refractivity (Wildman–Crippen MR) is 94.8 cm³/mol. The number of carbonyl (C=O) groups excluding carboxylic acids is 1. The second kappa shape index (κ2) is 6.96. The Morgan fingerprint density at radius 3 is 2.75 bits per heavy atom. The monoisotopic (exact) mass is 385 g/mol. The Morgan fingerprint density at radius 1 is 1.33 bits per heavy atom. The van der Waals surface area contributed by atoms with Gasteiger partial charge in [-0.2, -0.15) is 0 Å². The molecule has 24 heavy (non-hydrogen) atoms. The number of rotatable bonds is 3. The third-order valence-corrected chi connectivity index (χ3v) is 5.87. The van der Waals surface area contributed by atoms with Crippen molar-refractivity contribution in [2.75, 3.05) is 13.1 Å². The summed E-state index contributed by atoms with van der Waals surface area (Å²) in [6.45, 7) is 3.29. The van der Waals surface area contributed by atoms with Crippen LogP contribution < -0.4 is 5.73 Å². The molecule has 2 aromatic rings. The first kappa shape index (κ1) is 17.6. The van der Waals surface area contributed by atoms with E-state index >= 15 is 0 Å². The van der Waals surface area contributed by atoms with Gasteiger partial charge in [0.05, 0.1) is 5.02 Å². The molecule has 1 saturated heterocycles. The Labute approximate surface area is 154 Å². The number of amides is 1. The van der Waals surface area contributed by atoms with Crippen molar-refractivity contribution >= 4 is 40.9 Å². The molecule has 2 aromatic heterocycles. The van der Waals surface area contributed by atoms with E-state index in [0.717, 1.165) is 17.7 Å². The van der Waals surface area contributed by atoms with Crippen molar-refractivity contribution in [3.8, 4) is 0 Å². The lowest BCUT2D eigenvalue weighted by Gasteiger charge is -2.36. The SMILES string of the molecule is CC1(N)CCN(C(=O)c2ccc(Sc3ccnc(Cl)c3Cl)o2)CC1. The highest BCUT2D eigenvalue weighted by atomic mass is 35.5. The molecular weight excluding hydrogens is 369 g/mol. The third kappa shape index (κ3) is 3.88. The number of piperidine rings is 1. The summed E-state index contributed by atoms with van der Waals surface area (Å²) in [4.78, 5) is 18.9. The Kier molecular flexibility index (Phi) is 5.11. The van der Waals surface area contributed by atoms with Crippen molar-refractivity contribution in [3.63, 3.8) is 0 Å². The standard InChI is InChI=1S/C16H17Cl2N3O2S/c1-16(19)5-8-21(9-6-16)15(22)10-2-3-12(23-10)24-11-4-7-20-14(18)13(11)17/h2-4,7H,5-6,8-9,19H2,1H3. The second-order valence-corrected chi connectivity index (χ2v) is 7.86. The van der Waals surface area contributed by atoms with Gasteiger partial charge in [0.1, 0.15) is 5.15 Å². The van der Waals surface area contributed by atoms with Gasteiger partial charge >= 0.3 is 0 Å². The van der Waals surface area contributed by atoms with Crippen LogP contribution in [0.25, 0.3) is 0 Å². The summed E-state index contributed by atoms with van der Waals surface area (Å²) < 4.78 is 5.67. The lowest BCUT2D eigenvalue weighted by molar-refractivity contribution is 0.0643. The van der Waals surface area contributed by atoms with Crippen LogP contribution in [0.15, 0.2) is 38.8 Å². The van der Waals surface area contributed by atoms with Crippen LogP contribution in [0.4, 0.5) is 0 Å². The van der Waals surface area contributed by atoms with E-state index < -0.39 is 0 Å². The average molecular weight is 386 g/mol. The highest BCUT2D eigenvalue weighted by Gasteiger charge is 2.30. The molecule has 128 valence electrons. The lowest BCUT2D eigenvalue weighted by atomic mass is 9.91. The molecule has 0 aliphatic carbocycles. The highest BCUT2D eigenvalue weighted by molar-refractivity contribution is 7.99. The summed E-state index contributed by atoms with van der Waals surface area (Å²) in [5, 5.41) is 1.18. The minimum Gasteiger partial charge on any atom is -0.444 e. The molecule has 1 aliphatic heterocycles. The molecule has 0 unspecified atom stereocenters. The molecule has 8 heteroatoms. The van der Waals surface area contributed by atoms with Gasteiger partial charge in [-0.25, -0.2) is 4.98 Å². The number of nitrogens with zero attached hydrogens (tertiary/aromatic N) is 2. The summed E-state index contributed by atoms with van der Waals surface area (Å²) in [5.74, 6) is 0.200. The van der Waals surface area contributed by atoms with Gasteiger partial charge in [0.15, 0.2) is 10.9 Å². The first-order valence-electron chi connectivity index (χ1n) is 7.51. The molecule has 0 bridgehead atoms. The summed E-state index contributed by atoms with van der Waals surface area (Å²) in [6, 6.07) is 5.17. The van der Waals surface area contributed by atoms with Gasteiger partial charge in [0, 0.05) is 29.7 Å². The van der Waals surface area contributed by atoms with Gasteiger partial charge in [0.2, 0.25) is 0 Å². The number of halogens is 2. The fraction of sp³-hybridized carbons (Fsp3) is 0.375. The van der Waals surface area contributed by atoms with Crippen LogP contribution in [-0.4, -0.2) is 34.4 Å². The Hall–Kier alpha value is -1.21. The molecule has 0 saturated carbocycles. The zero-order valence-corrected chi connectivity index (χ0v) is 15.4. The van der Waals surface area contributed by atoms with Gasteiger partial charge in [0.25, 0.3) is 5.91 Å². The van der Waals surface area contributed by atoms with E-state index in [1.54, 1.807) is 29.3 Å². The summed E-state index contributed by atoms with van der Waals surface area (Å²) in [7, 11) is 0. The molecule has 5 nitrogen and oxygen atoms in total. The molecule has 0 atom stereocenters. The Bertz CT molecular complexity index is 754. The predicted octanol–water partition coefficient (Wildman–Crippen LogP) is 4.09. The largest absolute Gasteiger partial charge is 0.444 e. The normalized spacial score (nSPS) is 17.1. The van der Waals surface area contributed by atoms with E-state index in [1.807, 2.05) is 6.92 Å². The summed E-state index contributed by atoms with van der Waals surface area (Å²) in [5.41, 5.74) is 5.91. The van der Waals surface area contributed by atoms with Crippen LogP contribution in [0.1, 0.15) is 30.3 Å². The van der Waals surface area contributed by atoms with Crippen molar-refractivity contribution in [2.24, 2.45) is 5.73 Å². The van der Waals surface area contributed by atoms with Crippen molar-refractivity contribution in [3.05, 3.63) is 40.3 Å². The van der Waals surface area contributed by atoms with Gasteiger partial charge < -0.3 is 15.1 Å². The molecule has 1 amide bonds. The number of likely N-dealkylation sites (tertiary alicyclic amines) is 1. The van der Waals surface area contributed by atoms with E-state index in [0.29, 0.717) is 29.0 Å². The Morgan fingerprint density at radius 2 is 2.04 bits per heavy atom. The van der Waals surface area contributed by atoms with E-state index in [1.165, 1.54) is 11.8 Å². The molecule has 1 fully saturated rings. The number of hydrogen-bond acceptors (Lipinski definition) is 5. The quantitative estimate of drug-likeness (QED) is 0.805. The zero-order valence-electron chi connectivity index (χ0n) is 13.1. The first-order chi connectivity index (χ1) is 11.4. The lowest BCUT2D eigenvalue weighted by Crippen LogP contribution is -2.49.